The molecule has 2 aromatic rings. The second kappa shape index (κ2) is 6.76. The Kier molecular flexibility index (Phi) is 4.15. The fourth-order valence-corrected chi connectivity index (χ4v) is 3.05. The first-order valence-corrected chi connectivity index (χ1v) is 8.56. The lowest BCUT2D eigenvalue weighted by Gasteiger charge is -2.10. The maximum Gasteiger partial charge on any atom is 0.151 e. The predicted molar refractivity (Wildman–Crippen MR) is 102 cm³/mol. The van der Waals surface area contributed by atoms with Crippen LogP contribution >= 0.6 is 0 Å². The van der Waals surface area contributed by atoms with Gasteiger partial charge in [0.15, 0.2) is 11.6 Å². The fourth-order valence-electron chi connectivity index (χ4n) is 3.05. The molecular weight excluding hydrogens is 324 g/mol. The maximum absolute atomic E-state index is 6.15. The molecule has 8 N–H and O–H groups in total. The monoisotopic (exact) mass is 346 g/mol. The van der Waals surface area contributed by atoms with Crippen LogP contribution in [0.5, 0.6) is 0 Å². The highest BCUT2D eigenvalue weighted by atomic mass is 15.3. The average Bonchev–Trinajstić information content (AvgIpc) is 3.20. The number of hydrogen-bond acceptors (Lipinski definition) is 6. The summed E-state index contributed by atoms with van der Waals surface area (Å²) in [4.78, 5) is 0. The summed E-state index contributed by atoms with van der Waals surface area (Å²) in [6, 6.07) is 20.4. The summed E-state index contributed by atoms with van der Waals surface area (Å²) < 4.78 is 0. The standard InChI is InChI=1S/C20H22N6/c21-17-15(11-13-7-3-1-4-8-13)23-19(25-17)20-24-16(18(22)26-20)12-14-9-5-2-6-10-14/h1-10,23-26H,11-12,21-22H2/b20-19-. The zero-order valence-electron chi connectivity index (χ0n) is 14.3. The van der Waals surface area contributed by atoms with Crippen molar-refractivity contribution in [3.05, 3.63) is 106 Å². The molecule has 132 valence electrons. The van der Waals surface area contributed by atoms with E-state index in [1.807, 2.05) is 36.4 Å². The highest BCUT2D eigenvalue weighted by Crippen LogP contribution is 2.18. The number of nitrogens with two attached hydrogens (primary N) is 2. The number of benzene rings is 2. The number of rotatable bonds is 4. The number of hydrogen-bond donors (Lipinski definition) is 6. The maximum atomic E-state index is 6.15. The molecule has 6 nitrogen and oxygen atoms in total. The van der Waals surface area contributed by atoms with E-state index in [2.05, 4.69) is 45.5 Å². The molecule has 0 radical (unpaired) electrons. The van der Waals surface area contributed by atoms with Gasteiger partial charge < -0.3 is 32.7 Å². The van der Waals surface area contributed by atoms with E-state index >= 15 is 0 Å². The van der Waals surface area contributed by atoms with Gasteiger partial charge in [-0.3, -0.25) is 0 Å². The van der Waals surface area contributed by atoms with E-state index < -0.39 is 0 Å². The minimum absolute atomic E-state index is 0.620. The largest absolute Gasteiger partial charge is 0.384 e. The first-order chi connectivity index (χ1) is 12.7. The highest BCUT2D eigenvalue weighted by Gasteiger charge is 2.24. The summed E-state index contributed by atoms with van der Waals surface area (Å²) in [6.07, 6.45) is 1.46. The smallest absolute Gasteiger partial charge is 0.151 e. The van der Waals surface area contributed by atoms with Gasteiger partial charge in [0, 0.05) is 12.8 Å². The van der Waals surface area contributed by atoms with E-state index in [4.69, 9.17) is 11.5 Å². The molecule has 6 heteroatoms. The van der Waals surface area contributed by atoms with Crippen LogP contribution in [-0.4, -0.2) is 0 Å². The zero-order chi connectivity index (χ0) is 17.9. The molecule has 0 amide bonds. The Morgan fingerprint density at radius 3 is 1.31 bits per heavy atom. The molecule has 0 saturated heterocycles. The fraction of sp³-hybridized carbons (Fsp3) is 0.100. The van der Waals surface area contributed by atoms with Gasteiger partial charge in [-0.2, -0.15) is 0 Å². The Morgan fingerprint density at radius 1 is 0.538 bits per heavy atom. The molecule has 26 heavy (non-hydrogen) atoms. The lowest BCUT2D eigenvalue weighted by molar-refractivity contribution is 0.801. The molecule has 0 bridgehead atoms. The van der Waals surface area contributed by atoms with E-state index in [0.29, 0.717) is 11.6 Å². The Labute approximate surface area is 152 Å². The molecule has 2 aliphatic rings. The molecule has 2 aromatic carbocycles. The summed E-state index contributed by atoms with van der Waals surface area (Å²) in [6.45, 7) is 0. The van der Waals surface area contributed by atoms with Crippen molar-refractivity contribution in [1.29, 1.82) is 0 Å². The first kappa shape index (κ1) is 16.0. The van der Waals surface area contributed by atoms with Crippen LogP contribution < -0.4 is 32.7 Å². The van der Waals surface area contributed by atoms with Gasteiger partial charge in [-0.05, 0) is 11.1 Å². The lowest BCUT2D eigenvalue weighted by Crippen LogP contribution is -2.28. The van der Waals surface area contributed by atoms with Crippen LogP contribution in [0.25, 0.3) is 0 Å². The Balaban J connectivity index is 1.45. The molecule has 2 heterocycles. The van der Waals surface area contributed by atoms with Crippen molar-refractivity contribution in [2.45, 2.75) is 12.8 Å². The van der Waals surface area contributed by atoms with Crippen LogP contribution in [0.1, 0.15) is 11.1 Å². The minimum atomic E-state index is 0.620. The third-order valence-corrected chi connectivity index (χ3v) is 4.42. The third-order valence-electron chi connectivity index (χ3n) is 4.42. The molecule has 0 aliphatic carbocycles. The summed E-state index contributed by atoms with van der Waals surface area (Å²) in [5, 5.41) is 13.1. The molecule has 0 saturated carbocycles. The van der Waals surface area contributed by atoms with Crippen molar-refractivity contribution in [3.8, 4) is 0 Å². The second-order valence-corrected chi connectivity index (χ2v) is 6.36. The van der Waals surface area contributed by atoms with Gasteiger partial charge in [0.1, 0.15) is 11.6 Å². The number of allylic oxidation sites excluding steroid dienone is 2. The van der Waals surface area contributed by atoms with Crippen molar-refractivity contribution in [2.24, 2.45) is 11.5 Å². The molecule has 2 aliphatic heterocycles. The second-order valence-electron chi connectivity index (χ2n) is 6.36. The van der Waals surface area contributed by atoms with Crippen LogP contribution in [0.3, 0.4) is 0 Å². The van der Waals surface area contributed by atoms with Crippen molar-refractivity contribution < 1.29 is 0 Å². The van der Waals surface area contributed by atoms with Crippen molar-refractivity contribution >= 4 is 0 Å². The first-order valence-electron chi connectivity index (χ1n) is 8.56. The van der Waals surface area contributed by atoms with Gasteiger partial charge in [0.25, 0.3) is 0 Å². The van der Waals surface area contributed by atoms with Crippen molar-refractivity contribution in [3.63, 3.8) is 0 Å². The SMILES string of the molecule is NC1=C(Cc2ccccc2)N/C(=C2/NC(N)=C(Cc3ccccc3)N2)N1. The van der Waals surface area contributed by atoms with Gasteiger partial charge in [-0.1, -0.05) is 60.7 Å². The quantitative estimate of drug-likeness (QED) is 0.498. The summed E-state index contributed by atoms with van der Waals surface area (Å²) in [5.41, 5.74) is 16.6. The van der Waals surface area contributed by atoms with Crippen molar-refractivity contribution in [2.75, 3.05) is 0 Å². The van der Waals surface area contributed by atoms with Crippen molar-refractivity contribution in [1.82, 2.24) is 21.3 Å². The average molecular weight is 346 g/mol. The van der Waals surface area contributed by atoms with Crippen LogP contribution in [0.2, 0.25) is 0 Å². The lowest BCUT2D eigenvalue weighted by atomic mass is 10.1. The van der Waals surface area contributed by atoms with E-state index in [-0.39, 0.29) is 0 Å². The Hall–Kier alpha value is -3.54. The summed E-state index contributed by atoms with van der Waals surface area (Å²) >= 11 is 0. The molecule has 4 rings (SSSR count). The van der Waals surface area contributed by atoms with Gasteiger partial charge in [-0.25, -0.2) is 0 Å². The predicted octanol–water partition coefficient (Wildman–Crippen LogP) is 1.24. The van der Waals surface area contributed by atoms with E-state index in [1.165, 1.54) is 11.1 Å². The Morgan fingerprint density at radius 2 is 0.923 bits per heavy atom. The summed E-state index contributed by atoms with van der Waals surface area (Å²) in [5.74, 6) is 2.80. The van der Waals surface area contributed by atoms with E-state index in [1.54, 1.807) is 0 Å². The van der Waals surface area contributed by atoms with Crippen LogP contribution in [0.4, 0.5) is 0 Å². The molecule has 0 atom stereocenters. The highest BCUT2D eigenvalue weighted by molar-refractivity contribution is 5.38. The van der Waals surface area contributed by atoms with Crippen LogP contribution in [-0.2, 0) is 12.8 Å². The molecule has 0 fully saturated rings. The van der Waals surface area contributed by atoms with Crippen LogP contribution in [0, 0.1) is 0 Å². The van der Waals surface area contributed by atoms with Gasteiger partial charge >= 0.3 is 0 Å². The molecule has 0 unspecified atom stereocenters. The van der Waals surface area contributed by atoms with E-state index in [9.17, 15) is 0 Å². The van der Waals surface area contributed by atoms with Gasteiger partial charge in [0.2, 0.25) is 0 Å². The zero-order valence-corrected chi connectivity index (χ0v) is 14.3. The van der Waals surface area contributed by atoms with Gasteiger partial charge in [-0.15, -0.1) is 0 Å². The van der Waals surface area contributed by atoms with E-state index in [0.717, 1.165) is 35.9 Å². The Bertz CT molecular complexity index is 821. The molecule has 0 aromatic heterocycles. The third kappa shape index (κ3) is 3.30. The normalized spacial score (nSPS) is 19.1. The van der Waals surface area contributed by atoms with Crippen LogP contribution in [0.15, 0.2) is 95.3 Å². The molecular formula is C20H22N6. The summed E-state index contributed by atoms with van der Waals surface area (Å²) in [7, 11) is 0. The molecule has 0 spiro atoms. The topological polar surface area (TPSA) is 100 Å². The minimum Gasteiger partial charge on any atom is -0.384 e. The van der Waals surface area contributed by atoms with Gasteiger partial charge in [0.05, 0.1) is 11.4 Å². The number of nitrogens with one attached hydrogen (secondary N) is 4.